The lowest BCUT2D eigenvalue weighted by Crippen LogP contribution is -2.39. The summed E-state index contributed by atoms with van der Waals surface area (Å²) in [6.07, 6.45) is 0.828. The Morgan fingerprint density at radius 1 is 1.47 bits per heavy atom. The van der Waals surface area contributed by atoms with Crippen molar-refractivity contribution in [2.45, 2.75) is 45.8 Å². The predicted octanol–water partition coefficient (Wildman–Crippen LogP) is 1.60. The third-order valence-electron chi connectivity index (χ3n) is 2.62. The predicted molar refractivity (Wildman–Crippen MR) is 60.0 cm³/mol. The summed E-state index contributed by atoms with van der Waals surface area (Å²) in [5.41, 5.74) is -0.189. The van der Waals surface area contributed by atoms with E-state index in [1.165, 1.54) is 0 Å². The minimum Gasteiger partial charge on any atom is -0.480 e. The van der Waals surface area contributed by atoms with Crippen molar-refractivity contribution in [2.75, 3.05) is 20.2 Å². The monoisotopic (exact) mass is 217 g/mol. The average molecular weight is 217 g/mol. The molecule has 0 aliphatic carbocycles. The van der Waals surface area contributed by atoms with Gasteiger partial charge in [-0.15, -0.1) is 0 Å². The lowest BCUT2D eigenvalue weighted by molar-refractivity contribution is -0.139. The summed E-state index contributed by atoms with van der Waals surface area (Å²) in [6, 6.07) is 0.244. The molecule has 90 valence electrons. The van der Waals surface area contributed by atoms with E-state index in [2.05, 4.69) is 0 Å². The highest BCUT2D eigenvalue weighted by Crippen LogP contribution is 2.14. The number of ether oxygens (including phenoxy) is 1. The molecule has 0 atom stereocenters. The molecule has 0 rings (SSSR count). The van der Waals surface area contributed by atoms with Gasteiger partial charge in [-0.05, 0) is 34.1 Å². The van der Waals surface area contributed by atoms with Crippen LogP contribution >= 0.6 is 0 Å². The number of methoxy groups -OCH3 is 1. The van der Waals surface area contributed by atoms with Gasteiger partial charge in [0.15, 0.2) is 0 Å². The van der Waals surface area contributed by atoms with Crippen molar-refractivity contribution in [1.82, 2.24) is 4.90 Å². The van der Waals surface area contributed by atoms with Crippen molar-refractivity contribution in [1.29, 1.82) is 0 Å². The van der Waals surface area contributed by atoms with Crippen LogP contribution in [-0.2, 0) is 9.53 Å². The van der Waals surface area contributed by atoms with Crippen LogP contribution in [0.15, 0.2) is 0 Å². The number of carboxylic acid groups (broad SMARTS) is 1. The first-order valence-corrected chi connectivity index (χ1v) is 5.29. The molecule has 4 nitrogen and oxygen atoms in total. The van der Waals surface area contributed by atoms with Crippen LogP contribution in [0.1, 0.15) is 34.1 Å². The Bertz CT molecular complexity index is 202. The number of nitrogens with zero attached hydrogens (tertiary/aromatic N) is 1. The number of carboxylic acids is 1. The molecule has 0 heterocycles. The quantitative estimate of drug-likeness (QED) is 0.703. The van der Waals surface area contributed by atoms with Crippen molar-refractivity contribution in [3.8, 4) is 0 Å². The smallest absolute Gasteiger partial charge is 0.317 e. The largest absolute Gasteiger partial charge is 0.480 e. The highest BCUT2D eigenvalue weighted by molar-refractivity contribution is 5.69. The molecule has 0 amide bonds. The van der Waals surface area contributed by atoms with Gasteiger partial charge in [0.05, 0.1) is 12.1 Å². The molecule has 0 bridgehead atoms. The maximum atomic E-state index is 10.6. The molecule has 0 saturated carbocycles. The van der Waals surface area contributed by atoms with E-state index in [4.69, 9.17) is 9.84 Å². The molecule has 0 fully saturated rings. The Balaban J connectivity index is 4.13. The standard InChI is InChI=1S/C11H23NO3/c1-9(2)12(8-10(13)14)7-6-11(3,4)15-5/h9H,6-8H2,1-5H3,(H,13,14). The molecule has 0 radical (unpaired) electrons. The molecular weight excluding hydrogens is 194 g/mol. The van der Waals surface area contributed by atoms with Crippen LogP contribution in [0.4, 0.5) is 0 Å². The van der Waals surface area contributed by atoms with Crippen molar-refractivity contribution < 1.29 is 14.6 Å². The number of aliphatic carboxylic acids is 1. The Morgan fingerprint density at radius 2 is 2.00 bits per heavy atom. The average Bonchev–Trinajstić information content (AvgIpc) is 2.11. The van der Waals surface area contributed by atoms with E-state index in [-0.39, 0.29) is 18.2 Å². The van der Waals surface area contributed by atoms with Crippen molar-refractivity contribution >= 4 is 5.97 Å². The van der Waals surface area contributed by atoms with Crippen LogP contribution in [-0.4, -0.2) is 47.8 Å². The van der Waals surface area contributed by atoms with E-state index < -0.39 is 5.97 Å². The van der Waals surface area contributed by atoms with E-state index in [1.54, 1.807) is 7.11 Å². The maximum absolute atomic E-state index is 10.6. The van der Waals surface area contributed by atoms with E-state index in [0.717, 1.165) is 13.0 Å². The molecule has 0 aliphatic heterocycles. The highest BCUT2D eigenvalue weighted by atomic mass is 16.5. The summed E-state index contributed by atoms with van der Waals surface area (Å²) in [5, 5.41) is 8.75. The first kappa shape index (κ1) is 14.4. The second-order valence-corrected chi connectivity index (χ2v) is 4.67. The van der Waals surface area contributed by atoms with E-state index in [1.807, 2.05) is 32.6 Å². The third-order valence-corrected chi connectivity index (χ3v) is 2.62. The van der Waals surface area contributed by atoms with Gasteiger partial charge in [-0.25, -0.2) is 0 Å². The van der Waals surface area contributed by atoms with E-state index >= 15 is 0 Å². The number of rotatable bonds is 7. The second kappa shape index (κ2) is 6.08. The first-order valence-electron chi connectivity index (χ1n) is 5.29. The zero-order valence-corrected chi connectivity index (χ0v) is 10.4. The zero-order chi connectivity index (χ0) is 12.1. The Hall–Kier alpha value is -0.610. The summed E-state index contributed by atoms with van der Waals surface area (Å²) >= 11 is 0. The Morgan fingerprint density at radius 3 is 2.33 bits per heavy atom. The lowest BCUT2D eigenvalue weighted by Gasteiger charge is -2.29. The summed E-state index contributed by atoms with van der Waals surface area (Å²) < 4.78 is 5.30. The van der Waals surface area contributed by atoms with Gasteiger partial charge >= 0.3 is 5.97 Å². The summed E-state index contributed by atoms with van der Waals surface area (Å²) in [7, 11) is 1.68. The highest BCUT2D eigenvalue weighted by Gasteiger charge is 2.20. The van der Waals surface area contributed by atoms with Gasteiger partial charge < -0.3 is 9.84 Å². The van der Waals surface area contributed by atoms with Crippen molar-refractivity contribution in [3.63, 3.8) is 0 Å². The molecule has 15 heavy (non-hydrogen) atoms. The van der Waals surface area contributed by atoms with E-state index in [9.17, 15) is 4.79 Å². The molecule has 0 aliphatic rings. The maximum Gasteiger partial charge on any atom is 0.317 e. The minimum absolute atomic E-state index is 0.0947. The van der Waals surface area contributed by atoms with Gasteiger partial charge in [-0.3, -0.25) is 9.69 Å². The molecule has 0 aromatic carbocycles. The van der Waals surface area contributed by atoms with Gasteiger partial charge in [-0.1, -0.05) is 0 Å². The fraction of sp³-hybridized carbons (Fsp3) is 0.909. The van der Waals surface area contributed by atoms with Gasteiger partial charge in [-0.2, -0.15) is 0 Å². The van der Waals surface area contributed by atoms with Gasteiger partial charge in [0.25, 0.3) is 0 Å². The lowest BCUT2D eigenvalue weighted by atomic mass is 10.0. The normalized spacial score (nSPS) is 12.5. The second-order valence-electron chi connectivity index (χ2n) is 4.67. The van der Waals surface area contributed by atoms with Crippen molar-refractivity contribution in [2.24, 2.45) is 0 Å². The molecule has 4 heteroatoms. The summed E-state index contributed by atoms with van der Waals surface area (Å²) in [4.78, 5) is 12.6. The van der Waals surface area contributed by atoms with Gasteiger partial charge in [0.2, 0.25) is 0 Å². The number of hydrogen-bond acceptors (Lipinski definition) is 3. The topological polar surface area (TPSA) is 49.8 Å². The first-order chi connectivity index (χ1) is 6.78. The molecule has 0 aromatic heterocycles. The zero-order valence-electron chi connectivity index (χ0n) is 10.4. The Labute approximate surface area is 92.2 Å². The number of hydrogen-bond donors (Lipinski definition) is 1. The molecule has 0 saturated heterocycles. The SMILES string of the molecule is COC(C)(C)CCN(CC(=O)O)C(C)C. The van der Waals surface area contributed by atoms with Crippen LogP contribution in [0, 0.1) is 0 Å². The molecule has 0 spiro atoms. The van der Waals surface area contributed by atoms with Crippen molar-refractivity contribution in [3.05, 3.63) is 0 Å². The molecule has 0 aromatic rings. The van der Waals surface area contributed by atoms with Crippen LogP contribution < -0.4 is 0 Å². The third kappa shape index (κ3) is 6.47. The number of carbonyl (C=O) groups is 1. The fourth-order valence-electron chi connectivity index (χ4n) is 1.21. The van der Waals surface area contributed by atoms with Crippen LogP contribution in [0.3, 0.4) is 0 Å². The summed E-state index contributed by atoms with van der Waals surface area (Å²) in [6.45, 7) is 8.85. The Kier molecular flexibility index (Phi) is 5.83. The molecule has 1 N–H and O–H groups in total. The van der Waals surface area contributed by atoms with Crippen LogP contribution in [0.5, 0.6) is 0 Å². The van der Waals surface area contributed by atoms with Crippen LogP contribution in [0.25, 0.3) is 0 Å². The summed E-state index contributed by atoms with van der Waals surface area (Å²) in [5.74, 6) is -0.779. The fourth-order valence-corrected chi connectivity index (χ4v) is 1.21. The van der Waals surface area contributed by atoms with Gasteiger partial charge in [0, 0.05) is 19.7 Å². The van der Waals surface area contributed by atoms with E-state index in [0.29, 0.717) is 0 Å². The molecular formula is C11H23NO3. The van der Waals surface area contributed by atoms with Crippen LogP contribution in [0.2, 0.25) is 0 Å². The molecule has 0 unspecified atom stereocenters. The minimum atomic E-state index is -0.779. The van der Waals surface area contributed by atoms with Gasteiger partial charge in [0.1, 0.15) is 0 Å².